The Hall–Kier alpha value is -4.92. The molecule has 54 heavy (non-hydrogen) atoms. The molecule has 1 aromatic carbocycles. The number of methoxy groups -OCH3 is 2. The maximum Gasteiger partial charge on any atom is 0.408 e. The number of fused-ring (bicyclic) bond motifs is 1. The molecule has 0 radical (unpaired) electrons. The molecule has 3 amide bonds. The molecule has 2 saturated carbocycles. The van der Waals surface area contributed by atoms with Crippen molar-refractivity contribution in [3.05, 3.63) is 41.8 Å². The third-order valence-electron chi connectivity index (χ3n) is 10.4. The van der Waals surface area contributed by atoms with E-state index in [0.717, 1.165) is 51.4 Å². The first kappa shape index (κ1) is 38.8. The molecule has 1 aliphatic heterocycles. The number of esters is 1. The summed E-state index contributed by atoms with van der Waals surface area (Å²) < 4.78 is 22.8. The number of carbonyl (C=O) groups excluding carboxylic acids is 4. The number of likely N-dealkylation sites (tertiary alicyclic amines) is 1. The highest BCUT2D eigenvalue weighted by molar-refractivity contribution is 7.13. The van der Waals surface area contributed by atoms with Gasteiger partial charge in [-0.15, -0.1) is 11.3 Å². The Morgan fingerprint density at radius 2 is 1.89 bits per heavy atom. The Bertz CT molecular complexity index is 1880. The molecule has 5 atom stereocenters. The van der Waals surface area contributed by atoms with Gasteiger partial charge >= 0.3 is 12.1 Å². The van der Waals surface area contributed by atoms with Gasteiger partial charge in [0, 0.05) is 35.2 Å². The predicted octanol–water partition coefficient (Wildman–Crippen LogP) is 5.54. The molecule has 6 rings (SSSR count). The third-order valence-corrected chi connectivity index (χ3v) is 11.1. The smallest absolute Gasteiger partial charge is 0.408 e. The Morgan fingerprint density at radius 1 is 1.09 bits per heavy atom. The highest BCUT2D eigenvalue weighted by Gasteiger charge is 2.62. The van der Waals surface area contributed by atoms with Crippen LogP contribution in [0.3, 0.4) is 0 Å². The molecule has 3 aromatic rings. The number of rotatable bonds is 15. The first-order valence-corrected chi connectivity index (χ1v) is 19.6. The predicted molar refractivity (Wildman–Crippen MR) is 204 cm³/mol. The number of pyridine rings is 1. The van der Waals surface area contributed by atoms with Crippen LogP contribution in [0.15, 0.2) is 41.8 Å². The number of hydrogen-bond acceptors (Lipinski definition) is 12. The average molecular weight is 763 g/mol. The van der Waals surface area contributed by atoms with E-state index in [2.05, 4.69) is 22.5 Å². The summed E-state index contributed by atoms with van der Waals surface area (Å²) in [6.07, 6.45) is 10.7. The molecule has 2 aromatic heterocycles. The molecule has 0 spiro atoms. The van der Waals surface area contributed by atoms with Crippen molar-refractivity contribution in [2.45, 2.75) is 108 Å². The fourth-order valence-corrected chi connectivity index (χ4v) is 7.94. The largest absolute Gasteiger partial charge is 0.497 e. The van der Waals surface area contributed by atoms with Crippen LogP contribution < -0.4 is 25.8 Å². The summed E-state index contributed by atoms with van der Waals surface area (Å²) in [4.78, 5) is 64.8. The molecule has 15 heteroatoms. The fraction of sp³-hybridized carbons (Fsp3) is 0.538. The zero-order chi connectivity index (χ0) is 38.4. The lowest BCUT2D eigenvalue weighted by atomic mass is 10.1. The maximum atomic E-state index is 14.2. The van der Waals surface area contributed by atoms with Gasteiger partial charge in [0.25, 0.3) is 0 Å². The molecule has 1 saturated heterocycles. The fourth-order valence-electron chi connectivity index (χ4n) is 7.38. The van der Waals surface area contributed by atoms with Gasteiger partial charge in [-0.05, 0) is 64.0 Å². The molecular weight excluding hydrogens is 713 g/mol. The van der Waals surface area contributed by atoms with E-state index in [1.54, 1.807) is 37.6 Å². The standard InChI is InChI=1S/C39H50N6O8S/c1-5-6-7-8-9-12-24-20-39(24,36(48)51-4)44-34(46)32-18-27(21-45(32)35(47)23(2)41-38(49)53-25-13-10-11-14-25)52-33-19-30(31-22-54-37(40)43-31)42-29-17-26(50-3)15-16-28(29)33/h9,12,15-17,19,22-25,27,32H,5-8,10-11,13-14,18,20-21H2,1-4H3,(H2,40,43)(H,41,49)(H,44,46)/t23-,24?,27+,32-,39+/m0/s1. The van der Waals surface area contributed by atoms with Crippen molar-refractivity contribution in [1.82, 2.24) is 25.5 Å². The van der Waals surface area contributed by atoms with Crippen LogP contribution >= 0.6 is 11.3 Å². The minimum Gasteiger partial charge on any atom is -0.497 e. The zero-order valence-electron chi connectivity index (χ0n) is 31.3. The van der Waals surface area contributed by atoms with Crippen molar-refractivity contribution >= 4 is 51.2 Å². The van der Waals surface area contributed by atoms with Crippen molar-refractivity contribution in [3.8, 4) is 22.9 Å². The topological polar surface area (TPSA) is 184 Å². The van der Waals surface area contributed by atoms with Crippen LogP contribution in [0.2, 0.25) is 0 Å². The van der Waals surface area contributed by atoms with E-state index in [-0.39, 0.29) is 25.0 Å². The van der Waals surface area contributed by atoms with Crippen LogP contribution in [0.4, 0.5) is 9.93 Å². The number of alkyl carbamates (subject to hydrolysis) is 1. The minimum atomic E-state index is -1.24. The van der Waals surface area contributed by atoms with Gasteiger partial charge in [-0.1, -0.05) is 31.9 Å². The van der Waals surface area contributed by atoms with Crippen LogP contribution in [-0.2, 0) is 23.9 Å². The molecule has 14 nitrogen and oxygen atoms in total. The summed E-state index contributed by atoms with van der Waals surface area (Å²) in [5.41, 5.74) is 6.40. The van der Waals surface area contributed by atoms with E-state index in [1.165, 1.54) is 23.3 Å². The first-order chi connectivity index (χ1) is 26.0. The van der Waals surface area contributed by atoms with Crippen LogP contribution in [0.5, 0.6) is 11.5 Å². The molecule has 1 unspecified atom stereocenters. The van der Waals surface area contributed by atoms with Gasteiger partial charge < -0.3 is 40.2 Å². The Balaban J connectivity index is 1.26. The second-order valence-corrected chi connectivity index (χ2v) is 15.2. The van der Waals surface area contributed by atoms with Gasteiger partial charge in [0.1, 0.15) is 47.0 Å². The van der Waals surface area contributed by atoms with Crippen LogP contribution in [0.25, 0.3) is 22.3 Å². The number of benzene rings is 1. The van der Waals surface area contributed by atoms with Crippen molar-refractivity contribution < 1.29 is 38.1 Å². The number of ether oxygens (including phenoxy) is 4. The van der Waals surface area contributed by atoms with E-state index < -0.39 is 47.6 Å². The van der Waals surface area contributed by atoms with Crippen molar-refractivity contribution in [3.63, 3.8) is 0 Å². The second-order valence-electron chi connectivity index (χ2n) is 14.3. The summed E-state index contributed by atoms with van der Waals surface area (Å²) in [5, 5.41) is 8.51. The van der Waals surface area contributed by atoms with Crippen molar-refractivity contribution in [1.29, 1.82) is 0 Å². The zero-order valence-corrected chi connectivity index (χ0v) is 32.1. The number of nitrogens with one attached hydrogen (secondary N) is 2. The summed E-state index contributed by atoms with van der Waals surface area (Å²) >= 11 is 1.29. The Morgan fingerprint density at radius 3 is 2.59 bits per heavy atom. The van der Waals surface area contributed by atoms with Crippen LogP contribution in [0, 0.1) is 5.92 Å². The number of amides is 3. The number of nitrogens with zero attached hydrogens (tertiary/aromatic N) is 3. The van der Waals surface area contributed by atoms with Crippen molar-refractivity contribution in [2.75, 3.05) is 26.5 Å². The Labute approximate surface area is 319 Å². The summed E-state index contributed by atoms with van der Waals surface area (Å²) in [5.74, 6) is -0.700. The second kappa shape index (κ2) is 17.0. The van der Waals surface area contributed by atoms with E-state index in [4.69, 9.17) is 29.7 Å². The lowest BCUT2D eigenvalue weighted by Gasteiger charge is -2.28. The van der Waals surface area contributed by atoms with E-state index in [1.807, 2.05) is 18.2 Å². The third kappa shape index (κ3) is 8.72. The molecule has 3 fully saturated rings. The van der Waals surface area contributed by atoms with E-state index >= 15 is 0 Å². The normalized spacial score (nSPS) is 23.0. The highest BCUT2D eigenvalue weighted by atomic mass is 32.1. The van der Waals surface area contributed by atoms with Crippen molar-refractivity contribution in [2.24, 2.45) is 5.92 Å². The number of hydrogen-bond donors (Lipinski definition) is 3. The van der Waals surface area contributed by atoms with Gasteiger partial charge in [0.2, 0.25) is 11.8 Å². The molecular formula is C39H50N6O8S. The molecule has 0 bridgehead atoms. The molecule has 290 valence electrons. The Kier molecular flexibility index (Phi) is 12.2. The SMILES string of the molecule is CCCCCC=CC1C[C@]1(NC(=O)[C@@H]1C[C@@H](Oc2cc(-c3csc(N)n3)nc3cc(OC)ccc23)CN1C(=O)[C@H](C)NC(=O)OC1CCCC1)C(=O)OC. The van der Waals surface area contributed by atoms with Gasteiger partial charge in [0.05, 0.1) is 32.0 Å². The van der Waals surface area contributed by atoms with Crippen LogP contribution in [-0.4, -0.2) is 89.3 Å². The number of nitrogens with two attached hydrogens (primary N) is 1. The highest BCUT2D eigenvalue weighted by Crippen LogP contribution is 2.46. The average Bonchev–Trinajstić information content (AvgIpc) is 3.58. The number of thiazole rings is 1. The summed E-state index contributed by atoms with van der Waals surface area (Å²) in [7, 11) is 2.87. The quantitative estimate of drug-likeness (QED) is 0.100. The monoisotopic (exact) mass is 762 g/mol. The molecule has 4 N–H and O–H groups in total. The molecule has 3 heterocycles. The number of aromatic nitrogens is 2. The number of allylic oxidation sites excluding steroid dienone is 1. The minimum absolute atomic E-state index is 0.0333. The molecule has 3 aliphatic rings. The van der Waals surface area contributed by atoms with Gasteiger partial charge in [0.15, 0.2) is 5.13 Å². The lowest BCUT2D eigenvalue weighted by molar-refractivity contribution is -0.148. The number of unbranched alkanes of at least 4 members (excludes halogenated alkanes) is 3. The number of anilines is 1. The maximum absolute atomic E-state index is 14.2. The number of carbonyl (C=O) groups is 4. The van der Waals surface area contributed by atoms with E-state index in [0.29, 0.717) is 45.3 Å². The van der Waals surface area contributed by atoms with Gasteiger partial charge in [-0.3, -0.25) is 9.59 Å². The first-order valence-electron chi connectivity index (χ1n) is 18.8. The summed E-state index contributed by atoms with van der Waals surface area (Å²) in [6, 6.07) is 5.17. The lowest BCUT2D eigenvalue weighted by Crippen LogP contribution is -2.56. The molecule has 2 aliphatic carbocycles. The summed E-state index contributed by atoms with van der Waals surface area (Å²) in [6.45, 7) is 3.74. The van der Waals surface area contributed by atoms with Crippen LogP contribution in [0.1, 0.15) is 78.1 Å². The van der Waals surface area contributed by atoms with Gasteiger partial charge in [-0.2, -0.15) is 0 Å². The van der Waals surface area contributed by atoms with Gasteiger partial charge in [-0.25, -0.2) is 19.6 Å². The number of nitrogen functional groups attached to an aromatic ring is 1. The van der Waals surface area contributed by atoms with E-state index in [9.17, 15) is 19.2 Å².